The van der Waals surface area contributed by atoms with Crippen molar-refractivity contribution in [2.24, 2.45) is 0 Å². The van der Waals surface area contributed by atoms with Crippen LogP contribution in [0.3, 0.4) is 0 Å². The van der Waals surface area contributed by atoms with E-state index in [0.29, 0.717) is 5.92 Å². The highest BCUT2D eigenvalue weighted by molar-refractivity contribution is 4.98. The third-order valence-corrected chi connectivity index (χ3v) is 4.21. The van der Waals surface area contributed by atoms with Gasteiger partial charge in [0.05, 0.1) is 6.54 Å². The first-order valence-electron chi connectivity index (χ1n) is 7.71. The van der Waals surface area contributed by atoms with Crippen LogP contribution in [0.15, 0.2) is 16.9 Å². The van der Waals surface area contributed by atoms with Crippen molar-refractivity contribution >= 4 is 0 Å². The molecule has 0 atom stereocenters. The first-order valence-corrected chi connectivity index (χ1v) is 7.71. The van der Waals surface area contributed by atoms with E-state index in [1.165, 1.54) is 19.3 Å². The second-order valence-electron chi connectivity index (χ2n) is 5.94. The molecule has 2 aromatic rings. The van der Waals surface area contributed by atoms with E-state index in [1.54, 1.807) is 0 Å². The fourth-order valence-electron chi connectivity index (χ4n) is 2.62. The zero-order valence-corrected chi connectivity index (χ0v) is 12.8. The van der Waals surface area contributed by atoms with Gasteiger partial charge >= 0.3 is 0 Å². The second kappa shape index (κ2) is 6.39. The summed E-state index contributed by atoms with van der Waals surface area (Å²) in [7, 11) is 2.10. The Morgan fingerprint density at radius 1 is 1.43 bits per heavy atom. The lowest BCUT2D eigenvalue weighted by atomic mass is 9.85. The Balaban J connectivity index is 1.42. The van der Waals surface area contributed by atoms with Crippen LogP contribution in [0.25, 0.3) is 0 Å². The molecule has 0 saturated heterocycles. The van der Waals surface area contributed by atoms with Crippen molar-refractivity contribution in [2.45, 2.75) is 51.6 Å². The third kappa shape index (κ3) is 3.50. The van der Waals surface area contributed by atoms with Crippen molar-refractivity contribution in [1.82, 2.24) is 24.6 Å². The number of aryl methyl sites for hydroxylation is 2. The SMILES string of the molecule is Cc1nccn1CCCN(C)Cc1noc(C2CCC2)n1. The van der Waals surface area contributed by atoms with Gasteiger partial charge < -0.3 is 9.09 Å². The van der Waals surface area contributed by atoms with Crippen LogP contribution >= 0.6 is 0 Å². The van der Waals surface area contributed by atoms with Gasteiger partial charge in [-0.1, -0.05) is 11.6 Å². The maximum atomic E-state index is 5.35. The van der Waals surface area contributed by atoms with Crippen LogP contribution in [0.4, 0.5) is 0 Å². The first-order chi connectivity index (χ1) is 10.2. The van der Waals surface area contributed by atoms with E-state index in [2.05, 4.69) is 31.6 Å². The van der Waals surface area contributed by atoms with E-state index in [9.17, 15) is 0 Å². The normalized spacial score (nSPS) is 15.6. The Morgan fingerprint density at radius 3 is 2.95 bits per heavy atom. The number of rotatable bonds is 7. The van der Waals surface area contributed by atoms with E-state index in [-0.39, 0.29) is 0 Å². The molecule has 1 aliphatic carbocycles. The zero-order chi connectivity index (χ0) is 14.7. The van der Waals surface area contributed by atoms with Gasteiger partial charge in [-0.05, 0) is 33.2 Å². The van der Waals surface area contributed by atoms with Crippen LogP contribution in [0.5, 0.6) is 0 Å². The minimum atomic E-state index is 0.515. The molecule has 0 bridgehead atoms. The summed E-state index contributed by atoms with van der Waals surface area (Å²) in [4.78, 5) is 11.0. The average molecular weight is 289 g/mol. The van der Waals surface area contributed by atoms with Gasteiger partial charge in [0.2, 0.25) is 5.89 Å². The predicted molar refractivity (Wildman–Crippen MR) is 78.8 cm³/mol. The lowest BCUT2D eigenvalue weighted by Crippen LogP contribution is -2.21. The topological polar surface area (TPSA) is 60.0 Å². The highest BCUT2D eigenvalue weighted by Crippen LogP contribution is 2.35. The average Bonchev–Trinajstić information content (AvgIpc) is 2.98. The van der Waals surface area contributed by atoms with Crippen LogP contribution in [0, 0.1) is 6.92 Å². The highest BCUT2D eigenvalue weighted by Gasteiger charge is 2.25. The molecule has 0 spiro atoms. The van der Waals surface area contributed by atoms with Gasteiger partial charge in [-0.15, -0.1) is 0 Å². The van der Waals surface area contributed by atoms with Crippen LogP contribution in [-0.2, 0) is 13.1 Å². The molecule has 1 saturated carbocycles. The highest BCUT2D eigenvalue weighted by atomic mass is 16.5. The molecule has 2 heterocycles. The van der Waals surface area contributed by atoms with Crippen LogP contribution in [0.1, 0.15) is 49.1 Å². The van der Waals surface area contributed by atoms with Crippen molar-refractivity contribution in [1.29, 1.82) is 0 Å². The van der Waals surface area contributed by atoms with Crippen LogP contribution < -0.4 is 0 Å². The zero-order valence-electron chi connectivity index (χ0n) is 12.8. The molecule has 0 N–H and O–H groups in total. The summed E-state index contributed by atoms with van der Waals surface area (Å²) in [6, 6.07) is 0. The molecule has 21 heavy (non-hydrogen) atoms. The Bertz CT molecular complexity index is 572. The van der Waals surface area contributed by atoms with Gasteiger partial charge in [0.15, 0.2) is 5.82 Å². The fraction of sp³-hybridized carbons (Fsp3) is 0.667. The fourth-order valence-corrected chi connectivity index (χ4v) is 2.62. The van der Waals surface area contributed by atoms with Crippen molar-refractivity contribution in [2.75, 3.05) is 13.6 Å². The molecule has 0 radical (unpaired) electrons. The predicted octanol–water partition coefficient (Wildman–Crippen LogP) is 2.36. The summed E-state index contributed by atoms with van der Waals surface area (Å²) in [5.74, 6) is 3.22. The molecular weight excluding hydrogens is 266 g/mol. The minimum absolute atomic E-state index is 0.515. The lowest BCUT2D eigenvalue weighted by Gasteiger charge is -2.20. The maximum absolute atomic E-state index is 5.35. The van der Waals surface area contributed by atoms with Crippen molar-refractivity contribution in [3.8, 4) is 0 Å². The Hall–Kier alpha value is -1.69. The van der Waals surface area contributed by atoms with Crippen molar-refractivity contribution < 1.29 is 4.52 Å². The molecule has 0 aromatic carbocycles. The molecule has 6 heteroatoms. The summed E-state index contributed by atoms with van der Waals surface area (Å²) < 4.78 is 7.53. The molecule has 1 aliphatic rings. The molecule has 1 fully saturated rings. The van der Waals surface area contributed by atoms with E-state index >= 15 is 0 Å². The smallest absolute Gasteiger partial charge is 0.229 e. The summed E-state index contributed by atoms with van der Waals surface area (Å²) >= 11 is 0. The number of nitrogens with zero attached hydrogens (tertiary/aromatic N) is 5. The molecule has 0 amide bonds. The van der Waals surface area contributed by atoms with Gasteiger partial charge in [0, 0.05) is 31.4 Å². The van der Waals surface area contributed by atoms with E-state index < -0.39 is 0 Å². The van der Waals surface area contributed by atoms with Crippen molar-refractivity contribution in [3.05, 3.63) is 29.9 Å². The first kappa shape index (κ1) is 14.3. The summed E-state index contributed by atoms with van der Waals surface area (Å²) in [5, 5.41) is 4.09. The Kier molecular flexibility index (Phi) is 4.34. The van der Waals surface area contributed by atoms with Gasteiger partial charge in [-0.3, -0.25) is 4.90 Å². The van der Waals surface area contributed by atoms with Gasteiger partial charge in [-0.25, -0.2) is 4.98 Å². The molecular formula is C15H23N5O. The standard InChI is InChI=1S/C15H23N5O/c1-12-16-7-10-20(12)9-4-8-19(2)11-14-17-15(21-18-14)13-5-3-6-13/h7,10,13H,3-6,8-9,11H2,1-2H3. The Morgan fingerprint density at radius 2 is 2.29 bits per heavy atom. The number of imidazole rings is 1. The van der Waals surface area contributed by atoms with E-state index in [4.69, 9.17) is 4.52 Å². The van der Waals surface area contributed by atoms with Crippen LogP contribution in [0.2, 0.25) is 0 Å². The largest absolute Gasteiger partial charge is 0.339 e. The van der Waals surface area contributed by atoms with E-state index in [0.717, 1.165) is 43.6 Å². The van der Waals surface area contributed by atoms with Crippen molar-refractivity contribution in [3.63, 3.8) is 0 Å². The number of hydrogen-bond donors (Lipinski definition) is 0. The maximum Gasteiger partial charge on any atom is 0.229 e. The quantitative estimate of drug-likeness (QED) is 0.783. The second-order valence-corrected chi connectivity index (χ2v) is 5.94. The molecule has 0 unspecified atom stereocenters. The lowest BCUT2D eigenvalue weighted by molar-refractivity contribution is 0.280. The monoisotopic (exact) mass is 289 g/mol. The number of hydrogen-bond acceptors (Lipinski definition) is 5. The molecule has 3 rings (SSSR count). The van der Waals surface area contributed by atoms with Gasteiger partial charge in [0.25, 0.3) is 0 Å². The van der Waals surface area contributed by atoms with Crippen LogP contribution in [-0.4, -0.2) is 38.2 Å². The molecule has 2 aromatic heterocycles. The number of aromatic nitrogens is 4. The minimum Gasteiger partial charge on any atom is -0.339 e. The van der Waals surface area contributed by atoms with Gasteiger partial charge in [0.1, 0.15) is 5.82 Å². The third-order valence-electron chi connectivity index (χ3n) is 4.21. The Labute approximate surface area is 125 Å². The van der Waals surface area contributed by atoms with Gasteiger partial charge in [-0.2, -0.15) is 4.98 Å². The molecule has 114 valence electrons. The summed E-state index contributed by atoms with van der Waals surface area (Å²) in [5.41, 5.74) is 0. The summed E-state index contributed by atoms with van der Waals surface area (Å²) in [6.45, 7) is 4.78. The molecule has 6 nitrogen and oxygen atoms in total. The van der Waals surface area contributed by atoms with E-state index in [1.807, 2.05) is 19.3 Å². The molecule has 0 aliphatic heterocycles. The summed E-state index contributed by atoms with van der Waals surface area (Å²) in [6.07, 6.45) is 8.64.